The summed E-state index contributed by atoms with van der Waals surface area (Å²) in [7, 11) is -3.60. The van der Waals surface area contributed by atoms with E-state index in [4.69, 9.17) is 0 Å². The summed E-state index contributed by atoms with van der Waals surface area (Å²) >= 11 is 0. The molecule has 166 valence electrons. The number of fused-ring (bicyclic) bond motifs is 1. The first kappa shape index (κ1) is 21.6. The zero-order chi connectivity index (χ0) is 21.8. The van der Waals surface area contributed by atoms with Crippen molar-refractivity contribution in [2.75, 3.05) is 11.4 Å². The molecule has 0 amide bonds. The van der Waals surface area contributed by atoms with E-state index in [1.807, 2.05) is 43.5 Å². The second-order valence-corrected chi connectivity index (χ2v) is 10.2. The Bertz CT molecular complexity index is 1100. The number of anilines is 1. The SMILES string of the molecule is CCCCC1CN(S(=O)(=O)c2ccc(C)cc2)Cc2ccccc2N1Cc1cnc[nH]1.[HH]. The average molecular weight is 441 g/mol. The lowest BCUT2D eigenvalue weighted by atomic mass is 10.1. The van der Waals surface area contributed by atoms with E-state index in [0.717, 1.165) is 41.8 Å². The Kier molecular flexibility index (Phi) is 6.43. The molecule has 1 aliphatic rings. The number of rotatable bonds is 7. The highest BCUT2D eigenvalue weighted by molar-refractivity contribution is 7.89. The van der Waals surface area contributed by atoms with Gasteiger partial charge in [0, 0.05) is 32.4 Å². The second-order valence-electron chi connectivity index (χ2n) is 8.24. The van der Waals surface area contributed by atoms with E-state index in [1.54, 1.807) is 22.8 Å². The molecule has 1 N–H and O–H groups in total. The molecule has 0 spiro atoms. The van der Waals surface area contributed by atoms with E-state index >= 15 is 0 Å². The lowest BCUT2D eigenvalue weighted by Crippen LogP contribution is -2.43. The predicted octanol–water partition coefficient (Wildman–Crippen LogP) is 4.73. The van der Waals surface area contributed by atoms with Crippen molar-refractivity contribution < 1.29 is 9.84 Å². The van der Waals surface area contributed by atoms with Crippen molar-refractivity contribution in [3.63, 3.8) is 0 Å². The molecule has 1 atom stereocenters. The molecule has 7 heteroatoms. The number of hydrogen-bond donors (Lipinski definition) is 1. The van der Waals surface area contributed by atoms with Crippen molar-refractivity contribution >= 4 is 15.7 Å². The normalized spacial score (nSPS) is 17.4. The Balaban J connectivity index is 0.00000289. The molecule has 0 saturated heterocycles. The van der Waals surface area contributed by atoms with Gasteiger partial charge in [0.1, 0.15) is 0 Å². The van der Waals surface area contributed by atoms with Crippen molar-refractivity contribution in [1.82, 2.24) is 14.3 Å². The number of para-hydroxylation sites is 1. The third kappa shape index (κ3) is 4.67. The van der Waals surface area contributed by atoms with Crippen molar-refractivity contribution in [2.45, 2.75) is 57.1 Å². The molecule has 2 aromatic carbocycles. The smallest absolute Gasteiger partial charge is 0.243 e. The molecule has 0 radical (unpaired) electrons. The van der Waals surface area contributed by atoms with Gasteiger partial charge in [-0.3, -0.25) is 0 Å². The second kappa shape index (κ2) is 9.24. The van der Waals surface area contributed by atoms with Crippen LogP contribution >= 0.6 is 0 Å². The van der Waals surface area contributed by atoms with Gasteiger partial charge < -0.3 is 9.88 Å². The van der Waals surface area contributed by atoms with Crippen LogP contribution in [-0.2, 0) is 23.1 Å². The minimum atomic E-state index is -3.60. The van der Waals surface area contributed by atoms with Crippen molar-refractivity contribution in [2.24, 2.45) is 0 Å². The first-order chi connectivity index (χ1) is 15.0. The Morgan fingerprint density at radius 3 is 2.65 bits per heavy atom. The summed E-state index contributed by atoms with van der Waals surface area (Å²) in [6, 6.07) is 15.4. The maximum atomic E-state index is 13.6. The van der Waals surface area contributed by atoms with Crippen molar-refractivity contribution in [1.29, 1.82) is 0 Å². The molecule has 0 fully saturated rings. The van der Waals surface area contributed by atoms with E-state index in [-0.39, 0.29) is 7.47 Å². The van der Waals surface area contributed by atoms with Crippen molar-refractivity contribution in [3.8, 4) is 0 Å². The Labute approximate surface area is 186 Å². The summed E-state index contributed by atoms with van der Waals surface area (Å²) in [6.07, 6.45) is 6.57. The van der Waals surface area contributed by atoms with Gasteiger partial charge in [-0.2, -0.15) is 4.31 Å². The fraction of sp³-hybridized carbons (Fsp3) is 0.375. The van der Waals surface area contributed by atoms with Crippen molar-refractivity contribution in [3.05, 3.63) is 77.9 Å². The lowest BCUT2D eigenvalue weighted by molar-refractivity contribution is 0.366. The summed E-state index contributed by atoms with van der Waals surface area (Å²) in [4.78, 5) is 10.1. The van der Waals surface area contributed by atoms with Crippen LogP contribution in [-0.4, -0.2) is 35.3 Å². The van der Waals surface area contributed by atoms with Crippen LogP contribution < -0.4 is 4.90 Å². The van der Waals surface area contributed by atoms with Gasteiger partial charge in [0.15, 0.2) is 0 Å². The van der Waals surface area contributed by atoms with Gasteiger partial charge >= 0.3 is 0 Å². The highest BCUT2D eigenvalue weighted by atomic mass is 32.2. The molecular weight excluding hydrogens is 408 g/mol. The van der Waals surface area contributed by atoms with Crippen LogP contribution in [0.1, 0.15) is 44.4 Å². The molecule has 2 heterocycles. The molecule has 0 saturated carbocycles. The Hall–Kier alpha value is -2.64. The Morgan fingerprint density at radius 2 is 1.94 bits per heavy atom. The number of nitrogens with zero attached hydrogens (tertiary/aromatic N) is 3. The molecule has 1 aromatic heterocycles. The minimum Gasteiger partial charge on any atom is -0.361 e. The van der Waals surface area contributed by atoms with Gasteiger partial charge in [-0.15, -0.1) is 0 Å². The topological polar surface area (TPSA) is 69.3 Å². The van der Waals surface area contributed by atoms with Gasteiger partial charge in [0.2, 0.25) is 10.0 Å². The van der Waals surface area contributed by atoms with Crippen LogP contribution in [0.15, 0.2) is 66.0 Å². The zero-order valence-corrected chi connectivity index (χ0v) is 19.0. The van der Waals surface area contributed by atoms with Gasteiger partial charge in [-0.25, -0.2) is 13.4 Å². The first-order valence-corrected chi connectivity index (χ1v) is 12.3. The van der Waals surface area contributed by atoms with Crippen LogP contribution in [0.3, 0.4) is 0 Å². The van der Waals surface area contributed by atoms with Gasteiger partial charge in [0.05, 0.1) is 23.5 Å². The minimum absolute atomic E-state index is 0. The van der Waals surface area contributed by atoms with Gasteiger partial charge in [0.25, 0.3) is 0 Å². The predicted molar refractivity (Wildman–Crippen MR) is 125 cm³/mol. The van der Waals surface area contributed by atoms with E-state index in [2.05, 4.69) is 27.9 Å². The summed E-state index contributed by atoms with van der Waals surface area (Å²) in [5.41, 5.74) is 4.19. The molecular formula is C24H32N4O2S. The number of unbranched alkanes of at least 4 members (excludes halogenated alkanes) is 1. The highest BCUT2D eigenvalue weighted by Crippen LogP contribution is 2.33. The number of sulfonamides is 1. The fourth-order valence-electron chi connectivity index (χ4n) is 4.21. The summed E-state index contributed by atoms with van der Waals surface area (Å²) in [5, 5.41) is 0. The molecule has 1 unspecified atom stereocenters. The summed E-state index contributed by atoms with van der Waals surface area (Å²) in [5.74, 6) is 0. The number of aromatic nitrogens is 2. The number of imidazole rings is 1. The number of hydrogen-bond acceptors (Lipinski definition) is 4. The first-order valence-electron chi connectivity index (χ1n) is 10.9. The number of H-pyrrole nitrogens is 1. The Morgan fingerprint density at radius 1 is 1.16 bits per heavy atom. The van der Waals surface area contributed by atoms with E-state index in [9.17, 15) is 8.42 Å². The number of aryl methyl sites for hydroxylation is 1. The third-order valence-electron chi connectivity index (χ3n) is 5.95. The number of aromatic amines is 1. The van der Waals surface area contributed by atoms with Crippen LogP contribution in [0.25, 0.3) is 0 Å². The fourth-order valence-corrected chi connectivity index (χ4v) is 5.66. The zero-order valence-electron chi connectivity index (χ0n) is 18.2. The molecule has 0 bridgehead atoms. The number of nitrogens with one attached hydrogen (secondary N) is 1. The molecule has 31 heavy (non-hydrogen) atoms. The molecule has 6 nitrogen and oxygen atoms in total. The highest BCUT2D eigenvalue weighted by Gasteiger charge is 2.34. The molecule has 1 aliphatic heterocycles. The maximum absolute atomic E-state index is 13.6. The standard InChI is InChI=1S/C24H30N4O2S.H2/c1-3-4-8-22-17-27(31(29,30)23-12-10-19(2)11-13-23)15-20-7-5-6-9-24(20)28(22)16-21-14-25-18-26-21;/h5-7,9-14,18,22H,3-4,8,15-17H2,1-2H3,(H,25,26);1H. The largest absolute Gasteiger partial charge is 0.361 e. The molecule has 0 aliphatic carbocycles. The van der Waals surface area contributed by atoms with Crippen LogP contribution in [0.5, 0.6) is 0 Å². The molecule has 4 rings (SSSR count). The van der Waals surface area contributed by atoms with Gasteiger partial charge in [-0.05, 0) is 37.1 Å². The summed E-state index contributed by atoms with van der Waals surface area (Å²) < 4.78 is 28.8. The quantitative estimate of drug-likeness (QED) is 0.576. The number of benzene rings is 2. The van der Waals surface area contributed by atoms with Gasteiger partial charge in [-0.1, -0.05) is 55.7 Å². The third-order valence-corrected chi connectivity index (χ3v) is 7.77. The van der Waals surface area contributed by atoms with E-state index < -0.39 is 10.0 Å². The van der Waals surface area contributed by atoms with Crippen LogP contribution in [0.2, 0.25) is 0 Å². The van der Waals surface area contributed by atoms with Crippen LogP contribution in [0, 0.1) is 6.92 Å². The van der Waals surface area contributed by atoms with E-state index in [1.165, 1.54) is 0 Å². The maximum Gasteiger partial charge on any atom is 0.243 e. The monoisotopic (exact) mass is 440 g/mol. The van der Waals surface area contributed by atoms with Crippen LogP contribution in [0.4, 0.5) is 5.69 Å². The lowest BCUT2D eigenvalue weighted by Gasteiger charge is -2.34. The summed E-state index contributed by atoms with van der Waals surface area (Å²) in [6.45, 7) is 5.63. The average Bonchev–Trinajstić information content (AvgIpc) is 3.22. The molecule has 3 aromatic rings. The van der Waals surface area contributed by atoms with E-state index in [0.29, 0.717) is 24.5 Å².